The van der Waals surface area contributed by atoms with Gasteiger partial charge in [-0.2, -0.15) is 5.10 Å². The molecule has 2 aromatic rings. The highest BCUT2D eigenvalue weighted by atomic mass is 35.5. The second-order valence-corrected chi connectivity index (χ2v) is 6.31. The van der Waals surface area contributed by atoms with Gasteiger partial charge in [0.25, 0.3) is 0 Å². The lowest BCUT2D eigenvalue weighted by atomic mass is 10.1. The van der Waals surface area contributed by atoms with Gasteiger partial charge in [-0.25, -0.2) is 4.79 Å². The topological polar surface area (TPSA) is 62.6 Å². The number of carbonyl (C=O) groups excluding carboxylic acids is 1. The standard InChI is InChI=1S/C17H16Cl2N2O4/c1-10-14(17(19)21(2)20-10)3-4-15(22)24-8-12-6-13(18)5-11-7-23-9-25-16(11)12/h3-6H,7-9H2,1-2H3. The third kappa shape index (κ3) is 3.98. The number of ether oxygens (including phenoxy) is 3. The van der Waals surface area contributed by atoms with Crippen LogP contribution in [0.2, 0.25) is 10.2 Å². The highest BCUT2D eigenvalue weighted by molar-refractivity contribution is 6.31. The average Bonchev–Trinajstić information content (AvgIpc) is 2.83. The molecule has 0 unspecified atom stereocenters. The molecule has 25 heavy (non-hydrogen) atoms. The van der Waals surface area contributed by atoms with Gasteiger partial charge in [-0.1, -0.05) is 23.2 Å². The normalized spacial score (nSPS) is 13.6. The summed E-state index contributed by atoms with van der Waals surface area (Å²) in [4.78, 5) is 12.0. The minimum absolute atomic E-state index is 0.0474. The highest BCUT2D eigenvalue weighted by Crippen LogP contribution is 2.32. The van der Waals surface area contributed by atoms with Gasteiger partial charge in [0.05, 0.1) is 12.3 Å². The van der Waals surface area contributed by atoms with Crippen molar-refractivity contribution in [3.05, 3.63) is 50.8 Å². The lowest BCUT2D eigenvalue weighted by Crippen LogP contribution is -2.14. The van der Waals surface area contributed by atoms with Gasteiger partial charge in [0, 0.05) is 34.8 Å². The summed E-state index contributed by atoms with van der Waals surface area (Å²) in [5.41, 5.74) is 2.94. The number of rotatable bonds is 4. The molecule has 1 aromatic carbocycles. The van der Waals surface area contributed by atoms with E-state index in [1.807, 2.05) is 6.92 Å². The average molecular weight is 383 g/mol. The van der Waals surface area contributed by atoms with E-state index in [1.165, 1.54) is 6.08 Å². The van der Waals surface area contributed by atoms with Gasteiger partial charge in [-0.05, 0) is 25.1 Å². The van der Waals surface area contributed by atoms with Gasteiger partial charge in [-0.3, -0.25) is 4.68 Å². The van der Waals surface area contributed by atoms with Crippen molar-refractivity contribution in [2.45, 2.75) is 20.1 Å². The summed E-state index contributed by atoms with van der Waals surface area (Å²) in [5.74, 6) is 0.152. The van der Waals surface area contributed by atoms with E-state index in [1.54, 1.807) is 29.9 Å². The molecule has 3 rings (SSSR count). The van der Waals surface area contributed by atoms with Crippen LogP contribution in [0.3, 0.4) is 0 Å². The van der Waals surface area contributed by atoms with Gasteiger partial charge in [0.15, 0.2) is 6.79 Å². The molecule has 6 nitrogen and oxygen atoms in total. The first kappa shape index (κ1) is 17.8. The zero-order chi connectivity index (χ0) is 18.0. The van der Waals surface area contributed by atoms with Crippen LogP contribution >= 0.6 is 23.2 Å². The smallest absolute Gasteiger partial charge is 0.331 e. The highest BCUT2D eigenvalue weighted by Gasteiger charge is 2.17. The molecule has 0 spiro atoms. The summed E-state index contributed by atoms with van der Waals surface area (Å²) in [5, 5.41) is 5.17. The molecule has 0 saturated heterocycles. The Morgan fingerprint density at radius 2 is 2.24 bits per heavy atom. The molecule has 8 heteroatoms. The lowest BCUT2D eigenvalue weighted by Gasteiger charge is -2.20. The molecular formula is C17H16Cl2N2O4. The lowest BCUT2D eigenvalue weighted by molar-refractivity contribution is -0.139. The van der Waals surface area contributed by atoms with Gasteiger partial charge in [-0.15, -0.1) is 0 Å². The number of esters is 1. The zero-order valence-corrected chi connectivity index (χ0v) is 15.2. The molecule has 1 aliphatic heterocycles. The van der Waals surface area contributed by atoms with Crippen LogP contribution in [0.1, 0.15) is 22.4 Å². The number of benzene rings is 1. The van der Waals surface area contributed by atoms with Crippen LogP contribution in [0.4, 0.5) is 0 Å². The van der Waals surface area contributed by atoms with E-state index in [-0.39, 0.29) is 13.4 Å². The van der Waals surface area contributed by atoms with Gasteiger partial charge >= 0.3 is 5.97 Å². The van der Waals surface area contributed by atoms with Crippen molar-refractivity contribution in [2.75, 3.05) is 6.79 Å². The fraction of sp³-hybridized carbons (Fsp3) is 0.294. The Morgan fingerprint density at radius 1 is 1.44 bits per heavy atom. The Bertz CT molecular complexity index is 846. The largest absolute Gasteiger partial charge is 0.467 e. The molecule has 0 amide bonds. The van der Waals surface area contributed by atoms with Crippen molar-refractivity contribution in [2.24, 2.45) is 7.05 Å². The second kappa shape index (κ2) is 7.47. The number of carbonyl (C=O) groups is 1. The number of hydrogen-bond donors (Lipinski definition) is 0. The molecule has 132 valence electrons. The number of fused-ring (bicyclic) bond motifs is 1. The molecular weight excluding hydrogens is 367 g/mol. The molecule has 0 N–H and O–H groups in total. The van der Waals surface area contributed by atoms with Crippen LogP contribution in [0.25, 0.3) is 6.08 Å². The molecule has 1 aromatic heterocycles. The molecule has 0 saturated carbocycles. The van der Waals surface area contributed by atoms with E-state index in [4.69, 9.17) is 37.4 Å². The van der Waals surface area contributed by atoms with E-state index in [2.05, 4.69) is 5.10 Å². The zero-order valence-electron chi connectivity index (χ0n) is 13.7. The Kier molecular flexibility index (Phi) is 5.32. The van der Waals surface area contributed by atoms with Crippen LogP contribution in [0, 0.1) is 6.92 Å². The first-order valence-corrected chi connectivity index (χ1v) is 8.27. The predicted octanol–water partition coefficient (Wildman–Crippen LogP) is 3.66. The van der Waals surface area contributed by atoms with E-state index in [0.717, 1.165) is 11.3 Å². The maximum absolute atomic E-state index is 12.0. The van der Waals surface area contributed by atoms with Gasteiger partial charge < -0.3 is 14.2 Å². The van der Waals surface area contributed by atoms with Crippen molar-refractivity contribution in [3.63, 3.8) is 0 Å². The SMILES string of the molecule is Cc1nn(C)c(Cl)c1C=CC(=O)OCc1cc(Cl)cc2c1OCOC2. The minimum Gasteiger partial charge on any atom is -0.467 e. The van der Waals surface area contributed by atoms with Crippen LogP contribution in [-0.2, 0) is 34.5 Å². The van der Waals surface area contributed by atoms with Crippen LogP contribution in [0.5, 0.6) is 5.75 Å². The monoisotopic (exact) mass is 382 g/mol. The first-order valence-electron chi connectivity index (χ1n) is 7.51. The number of aryl methyl sites for hydroxylation is 2. The maximum Gasteiger partial charge on any atom is 0.331 e. The predicted molar refractivity (Wildman–Crippen MR) is 93.5 cm³/mol. The summed E-state index contributed by atoms with van der Waals surface area (Å²) in [7, 11) is 1.73. The summed E-state index contributed by atoms with van der Waals surface area (Å²) >= 11 is 12.2. The Labute approximate surface area is 154 Å². The number of nitrogens with zero attached hydrogens (tertiary/aromatic N) is 2. The summed E-state index contributed by atoms with van der Waals surface area (Å²) < 4.78 is 17.5. The van der Waals surface area contributed by atoms with Gasteiger partial charge in [0.1, 0.15) is 17.5 Å². The minimum atomic E-state index is -0.500. The van der Waals surface area contributed by atoms with Gasteiger partial charge in [0.2, 0.25) is 0 Å². The number of aromatic nitrogens is 2. The van der Waals surface area contributed by atoms with Crippen LogP contribution in [0.15, 0.2) is 18.2 Å². The molecule has 0 radical (unpaired) electrons. The Hall–Kier alpha value is -2.02. The molecule has 0 bridgehead atoms. The fourth-order valence-corrected chi connectivity index (χ4v) is 3.05. The summed E-state index contributed by atoms with van der Waals surface area (Å²) in [6, 6.07) is 3.49. The number of hydrogen-bond acceptors (Lipinski definition) is 5. The van der Waals surface area contributed by atoms with E-state index < -0.39 is 5.97 Å². The molecule has 1 aliphatic rings. The van der Waals surface area contributed by atoms with Crippen LogP contribution < -0.4 is 4.74 Å². The summed E-state index contributed by atoms with van der Waals surface area (Å²) in [6.45, 7) is 2.43. The Morgan fingerprint density at radius 3 is 2.96 bits per heavy atom. The molecule has 0 aliphatic carbocycles. The first-order chi connectivity index (χ1) is 12.0. The third-order valence-electron chi connectivity index (χ3n) is 3.70. The maximum atomic E-state index is 12.0. The van der Waals surface area contributed by atoms with Crippen molar-refractivity contribution < 1.29 is 19.0 Å². The molecule has 0 atom stereocenters. The second-order valence-electron chi connectivity index (χ2n) is 5.52. The van der Waals surface area contributed by atoms with Crippen molar-refractivity contribution in [1.82, 2.24) is 9.78 Å². The van der Waals surface area contributed by atoms with E-state index in [0.29, 0.717) is 33.7 Å². The van der Waals surface area contributed by atoms with Crippen molar-refractivity contribution in [3.8, 4) is 5.75 Å². The quantitative estimate of drug-likeness (QED) is 0.596. The molecule has 0 fully saturated rings. The van der Waals surface area contributed by atoms with Crippen molar-refractivity contribution >= 4 is 35.2 Å². The number of halogens is 2. The van der Waals surface area contributed by atoms with Crippen LogP contribution in [-0.4, -0.2) is 22.5 Å². The third-order valence-corrected chi connectivity index (χ3v) is 4.37. The van der Waals surface area contributed by atoms with Crippen molar-refractivity contribution in [1.29, 1.82) is 0 Å². The fourth-order valence-electron chi connectivity index (χ4n) is 2.55. The molecule has 2 heterocycles. The van der Waals surface area contributed by atoms with E-state index in [9.17, 15) is 4.79 Å². The summed E-state index contributed by atoms with van der Waals surface area (Å²) in [6.07, 6.45) is 2.90. The Balaban J connectivity index is 1.69. The van der Waals surface area contributed by atoms with E-state index >= 15 is 0 Å².